The summed E-state index contributed by atoms with van der Waals surface area (Å²) in [4.78, 5) is 2.02. The number of halogens is 3. The summed E-state index contributed by atoms with van der Waals surface area (Å²) in [5.74, 6) is 0. The molecule has 3 rings (SSSR count). The molecule has 2 atom stereocenters. The van der Waals surface area contributed by atoms with Gasteiger partial charge in [-0.3, -0.25) is 9.58 Å². The van der Waals surface area contributed by atoms with Crippen molar-refractivity contribution >= 4 is 0 Å². The zero-order chi connectivity index (χ0) is 16.4. The fourth-order valence-corrected chi connectivity index (χ4v) is 3.06. The Morgan fingerprint density at radius 1 is 1.22 bits per heavy atom. The first-order chi connectivity index (χ1) is 10.9. The molecule has 1 aromatic carbocycles. The van der Waals surface area contributed by atoms with Crippen molar-refractivity contribution < 1.29 is 18.3 Å². The first kappa shape index (κ1) is 16.0. The SMILES string of the molecule is O[C@H]1C[C@H](c2cccc(C(F)(F)F)c2)N(CCn2cccn2)C1. The number of aliphatic hydroxyl groups excluding tert-OH is 1. The lowest BCUT2D eigenvalue weighted by molar-refractivity contribution is -0.137. The Hall–Kier alpha value is -1.86. The summed E-state index contributed by atoms with van der Waals surface area (Å²) in [6.45, 7) is 1.72. The second-order valence-electron chi connectivity index (χ2n) is 5.79. The summed E-state index contributed by atoms with van der Waals surface area (Å²) < 4.78 is 40.4. The van der Waals surface area contributed by atoms with Crippen LogP contribution in [0.1, 0.15) is 23.6 Å². The molecule has 1 saturated heterocycles. The molecule has 0 unspecified atom stereocenters. The van der Waals surface area contributed by atoms with Crippen molar-refractivity contribution in [1.29, 1.82) is 0 Å². The number of hydrogen-bond acceptors (Lipinski definition) is 3. The number of hydrogen-bond donors (Lipinski definition) is 1. The molecule has 2 aromatic rings. The molecule has 0 radical (unpaired) electrons. The lowest BCUT2D eigenvalue weighted by atomic mass is 10.0. The van der Waals surface area contributed by atoms with Crippen molar-refractivity contribution in [2.45, 2.75) is 31.3 Å². The number of nitrogens with zero attached hydrogens (tertiary/aromatic N) is 3. The number of aliphatic hydroxyl groups is 1. The Kier molecular flexibility index (Phi) is 4.41. The molecule has 124 valence electrons. The summed E-state index contributed by atoms with van der Waals surface area (Å²) in [5.41, 5.74) is -0.0553. The minimum Gasteiger partial charge on any atom is -0.392 e. The Balaban J connectivity index is 1.76. The predicted octanol–water partition coefficient (Wildman–Crippen LogP) is 2.71. The van der Waals surface area contributed by atoms with Crippen LogP contribution >= 0.6 is 0 Å². The number of rotatable bonds is 4. The van der Waals surface area contributed by atoms with Crippen LogP contribution in [0, 0.1) is 0 Å². The average Bonchev–Trinajstić information content (AvgIpc) is 3.13. The van der Waals surface area contributed by atoms with E-state index in [1.165, 1.54) is 12.1 Å². The van der Waals surface area contributed by atoms with Crippen molar-refractivity contribution in [2.24, 2.45) is 0 Å². The van der Waals surface area contributed by atoms with E-state index >= 15 is 0 Å². The summed E-state index contributed by atoms with van der Waals surface area (Å²) in [6.07, 6.45) is -0.908. The largest absolute Gasteiger partial charge is 0.416 e. The maximum Gasteiger partial charge on any atom is 0.416 e. The van der Waals surface area contributed by atoms with E-state index < -0.39 is 17.8 Å². The molecular formula is C16H18F3N3O. The van der Waals surface area contributed by atoms with Crippen LogP contribution in [0.15, 0.2) is 42.7 Å². The highest BCUT2D eigenvalue weighted by molar-refractivity contribution is 5.29. The molecule has 4 nitrogen and oxygen atoms in total. The van der Waals surface area contributed by atoms with Gasteiger partial charge >= 0.3 is 6.18 Å². The fourth-order valence-electron chi connectivity index (χ4n) is 3.06. The smallest absolute Gasteiger partial charge is 0.392 e. The van der Waals surface area contributed by atoms with E-state index in [2.05, 4.69) is 5.10 Å². The van der Waals surface area contributed by atoms with Crippen molar-refractivity contribution in [2.75, 3.05) is 13.1 Å². The zero-order valence-corrected chi connectivity index (χ0v) is 12.4. The molecule has 2 heterocycles. The van der Waals surface area contributed by atoms with Crippen LogP contribution in [0.25, 0.3) is 0 Å². The number of aromatic nitrogens is 2. The minimum absolute atomic E-state index is 0.206. The molecule has 7 heteroatoms. The number of alkyl halides is 3. The van der Waals surface area contributed by atoms with E-state index in [0.717, 1.165) is 6.07 Å². The topological polar surface area (TPSA) is 41.3 Å². The third-order valence-electron chi connectivity index (χ3n) is 4.16. The van der Waals surface area contributed by atoms with Crippen LogP contribution in [0.5, 0.6) is 0 Å². The van der Waals surface area contributed by atoms with Crippen LogP contribution < -0.4 is 0 Å². The van der Waals surface area contributed by atoms with Crippen LogP contribution in [-0.4, -0.2) is 39.0 Å². The van der Waals surface area contributed by atoms with Gasteiger partial charge in [0.2, 0.25) is 0 Å². The summed E-state index contributed by atoms with van der Waals surface area (Å²) in [7, 11) is 0. The van der Waals surface area contributed by atoms with Crippen LogP contribution in [0.4, 0.5) is 13.2 Å². The molecule has 0 spiro atoms. The Bertz CT molecular complexity index is 642. The summed E-state index contributed by atoms with van der Waals surface area (Å²) in [6, 6.07) is 6.99. The Labute approximate surface area is 132 Å². The van der Waals surface area contributed by atoms with Gasteiger partial charge in [-0.25, -0.2) is 0 Å². The normalized spacial score (nSPS) is 22.6. The number of likely N-dealkylation sites (tertiary alicyclic amines) is 1. The monoisotopic (exact) mass is 325 g/mol. The molecule has 0 amide bonds. The van der Waals surface area contributed by atoms with Gasteiger partial charge in [0.25, 0.3) is 0 Å². The van der Waals surface area contributed by atoms with Gasteiger partial charge < -0.3 is 5.11 Å². The van der Waals surface area contributed by atoms with Crippen LogP contribution in [0.3, 0.4) is 0 Å². The molecule has 1 N–H and O–H groups in total. The second kappa shape index (κ2) is 6.33. The quantitative estimate of drug-likeness (QED) is 0.940. The van der Waals surface area contributed by atoms with Crippen molar-refractivity contribution in [3.8, 4) is 0 Å². The number of benzene rings is 1. The van der Waals surface area contributed by atoms with Gasteiger partial charge in [-0.15, -0.1) is 0 Å². The average molecular weight is 325 g/mol. The first-order valence-corrected chi connectivity index (χ1v) is 7.50. The molecule has 0 aliphatic carbocycles. The second-order valence-corrected chi connectivity index (χ2v) is 5.79. The van der Waals surface area contributed by atoms with E-state index in [-0.39, 0.29) is 6.04 Å². The zero-order valence-electron chi connectivity index (χ0n) is 12.4. The van der Waals surface area contributed by atoms with Crippen molar-refractivity contribution in [3.05, 3.63) is 53.9 Å². The molecular weight excluding hydrogens is 307 g/mol. The molecule has 1 aliphatic rings. The standard InChI is InChI=1S/C16H18F3N3O/c17-16(18,19)13-4-1-3-12(9-13)15-10-14(23)11-21(15)7-8-22-6-2-5-20-22/h1-6,9,14-15,23H,7-8,10-11H2/t14-,15+/m0/s1. The number of β-amino-alcohol motifs (C(OH)–C–C–N with tert-alkyl or cyclic N) is 1. The molecule has 1 aromatic heterocycles. The van der Waals surface area contributed by atoms with Crippen molar-refractivity contribution in [1.82, 2.24) is 14.7 Å². The van der Waals surface area contributed by atoms with Gasteiger partial charge in [0.1, 0.15) is 0 Å². The highest BCUT2D eigenvalue weighted by Gasteiger charge is 2.35. The summed E-state index contributed by atoms with van der Waals surface area (Å²) >= 11 is 0. The third kappa shape index (κ3) is 3.73. The molecule has 23 heavy (non-hydrogen) atoms. The Morgan fingerprint density at radius 2 is 2.04 bits per heavy atom. The molecule has 1 fully saturated rings. The maximum atomic E-state index is 12.9. The van der Waals surface area contributed by atoms with Gasteiger partial charge in [-0.2, -0.15) is 18.3 Å². The van der Waals surface area contributed by atoms with Crippen LogP contribution in [0.2, 0.25) is 0 Å². The van der Waals surface area contributed by atoms with Gasteiger partial charge in [0, 0.05) is 31.5 Å². The highest BCUT2D eigenvalue weighted by atomic mass is 19.4. The van der Waals surface area contributed by atoms with Gasteiger partial charge in [-0.1, -0.05) is 12.1 Å². The molecule has 0 saturated carbocycles. The maximum absolute atomic E-state index is 12.9. The first-order valence-electron chi connectivity index (χ1n) is 7.50. The lowest BCUT2D eigenvalue weighted by Crippen LogP contribution is -2.28. The van der Waals surface area contributed by atoms with E-state index in [1.54, 1.807) is 16.9 Å². The van der Waals surface area contributed by atoms with E-state index in [1.807, 2.05) is 17.2 Å². The minimum atomic E-state index is -4.35. The van der Waals surface area contributed by atoms with Crippen LogP contribution in [-0.2, 0) is 12.7 Å². The van der Waals surface area contributed by atoms with E-state index in [9.17, 15) is 18.3 Å². The predicted molar refractivity (Wildman–Crippen MR) is 78.6 cm³/mol. The van der Waals surface area contributed by atoms with Gasteiger partial charge in [-0.05, 0) is 30.2 Å². The Morgan fingerprint density at radius 3 is 2.74 bits per heavy atom. The van der Waals surface area contributed by atoms with E-state index in [0.29, 0.717) is 31.6 Å². The molecule has 0 bridgehead atoms. The van der Waals surface area contributed by atoms with Crippen molar-refractivity contribution in [3.63, 3.8) is 0 Å². The third-order valence-corrected chi connectivity index (χ3v) is 4.16. The molecule has 1 aliphatic heterocycles. The lowest BCUT2D eigenvalue weighted by Gasteiger charge is -2.25. The highest BCUT2D eigenvalue weighted by Crippen LogP contribution is 2.35. The fraction of sp³-hybridized carbons (Fsp3) is 0.438. The van der Waals surface area contributed by atoms with Gasteiger partial charge in [0.15, 0.2) is 0 Å². The van der Waals surface area contributed by atoms with Gasteiger partial charge in [0.05, 0.1) is 18.2 Å². The summed E-state index contributed by atoms with van der Waals surface area (Å²) in [5, 5.41) is 14.1. The van der Waals surface area contributed by atoms with E-state index in [4.69, 9.17) is 0 Å².